The van der Waals surface area contributed by atoms with Crippen LogP contribution in [0.4, 0.5) is 4.79 Å². The minimum atomic E-state index is -1.28. The van der Waals surface area contributed by atoms with Gasteiger partial charge in [-0.25, -0.2) is 9.78 Å². The van der Waals surface area contributed by atoms with Crippen molar-refractivity contribution >= 4 is 12.0 Å². The van der Waals surface area contributed by atoms with Crippen LogP contribution in [0.5, 0.6) is 0 Å². The molecule has 2 unspecified atom stereocenters. The molecule has 40 heavy (non-hydrogen) atoms. The highest BCUT2D eigenvalue weighted by Gasteiger charge is 2.46. The number of carbonyl (C=O) groups is 2. The fourth-order valence-electron chi connectivity index (χ4n) is 5.89. The van der Waals surface area contributed by atoms with Gasteiger partial charge in [0.15, 0.2) is 5.69 Å². The highest BCUT2D eigenvalue weighted by molar-refractivity contribution is 5.98. The standard InChI is InChI=1S/C30H37N5O5/c1-39-20-30(38)13-15-33(29(37)40-2)19-25(30)35-21-32-26(27(35)23-11-7-4-8-12-23)28(36)34-16-14-31-18-24(34)17-22-9-5-3-6-10-22/h3-12,21,24-25,31,38H,13-20H2,1-2H3/t24-,25?,30?/m1/s1. The highest BCUT2D eigenvalue weighted by atomic mass is 16.5. The molecule has 1 aromatic heterocycles. The van der Waals surface area contributed by atoms with E-state index in [0.29, 0.717) is 37.6 Å². The molecule has 2 fully saturated rings. The Morgan fingerprint density at radius 2 is 1.80 bits per heavy atom. The summed E-state index contributed by atoms with van der Waals surface area (Å²) >= 11 is 0. The van der Waals surface area contributed by atoms with Crippen LogP contribution in [0.1, 0.15) is 28.5 Å². The Labute approximate surface area is 234 Å². The number of aliphatic hydroxyl groups is 1. The topological polar surface area (TPSA) is 109 Å². The molecule has 0 spiro atoms. The summed E-state index contributed by atoms with van der Waals surface area (Å²) in [5.74, 6) is -0.157. The van der Waals surface area contributed by atoms with Crippen LogP contribution in [-0.2, 0) is 15.9 Å². The average molecular weight is 548 g/mol. The lowest BCUT2D eigenvalue weighted by Gasteiger charge is -2.44. The molecule has 2 aliphatic heterocycles. The molecule has 3 aromatic rings. The van der Waals surface area contributed by atoms with Crippen molar-refractivity contribution in [2.24, 2.45) is 0 Å². The number of likely N-dealkylation sites (tertiary alicyclic amines) is 1. The minimum Gasteiger partial charge on any atom is -0.453 e. The highest BCUT2D eigenvalue weighted by Crippen LogP contribution is 2.37. The quantitative estimate of drug-likeness (QED) is 0.468. The van der Waals surface area contributed by atoms with Crippen molar-refractivity contribution in [3.63, 3.8) is 0 Å². The summed E-state index contributed by atoms with van der Waals surface area (Å²) in [5, 5.41) is 15.2. The summed E-state index contributed by atoms with van der Waals surface area (Å²) in [6, 6.07) is 19.1. The van der Waals surface area contributed by atoms with Gasteiger partial charge in [0.2, 0.25) is 0 Å². The van der Waals surface area contributed by atoms with Gasteiger partial charge in [0.1, 0.15) is 5.60 Å². The van der Waals surface area contributed by atoms with Gasteiger partial charge in [0, 0.05) is 51.4 Å². The number of aromatic nitrogens is 2. The molecule has 10 heteroatoms. The third-order valence-electron chi connectivity index (χ3n) is 7.96. The van der Waals surface area contributed by atoms with Crippen LogP contribution >= 0.6 is 0 Å². The predicted molar refractivity (Wildman–Crippen MR) is 150 cm³/mol. The SMILES string of the molecule is COCC1(O)CCN(C(=O)OC)CC1n1cnc(C(=O)N2CCNC[C@H]2Cc2ccccc2)c1-c1ccccc1. The summed E-state index contributed by atoms with van der Waals surface area (Å²) in [5.41, 5.74) is 1.61. The van der Waals surface area contributed by atoms with Crippen molar-refractivity contribution in [2.45, 2.75) is 30.5 Å². The van der Waals surface area contributed by atoms with Crippen molar-refractivity contribution in [3.8, 4) is 11.3 Å². The molecule has 0 saturated carbocycles. The van der Waals surface area contributed by atoms with Crippen molar-refractivity contribution in [2.75, 3.05) is 53.6 Å². The van der Waals surface area contributed by atoms with Crippen LogP contribution in [0.15, 0.2) is 67.0 Å². The monoisotopic (exact) mass is 547 g/mol. The van der Waals surface area contributed by atoms with E-state index in [-0.39, 0.29) is 31.5 Å². The van der Waals surface area contributed by atoms with E-state index in [1.54, 1.807) is 18.3 Å². The van der Waals surface area contributed by atoms with E-state index in [2.05, 4.69) is 22.4 Å². The van der Waals surface area contributed by atoms with Crippen LogP contribution in [0, 0.1) is 0 Å². The minimum absolute atomic E-state index is 0.0349. The van der Waals surface area contributed by atoms with E-state index in [9.17, 15) is 14.7 Å². The van der Waals surface area contributed by atoms with Gasteiger partial charge in [-0.2, -0.15) is 0 Å². The Bertz CT molecular complexity index is 1300. The molecule has 2 N–H and O–H groups in total. The van der Waals surface area contributed by atoms with Gasteiger partial charge in [-0.15, -0.1) is 0 Å². The maximum Gasteiger partial charge on any atom is 0.409 e. The summed E-state index contributed by atoms with van der Waals surface area (Å²) in [6.07, 6.45) is 2.15. The van der Waals surface area contributed by atoms with Gasteiger partial charge in [0.25, 0.3) is 5.91 Å². The van der Waals surface area contributed by atoms with Gasteiger partial charge >= 0.3 is 6.09 Å². The molecular weight excluding hydrogens is 510 g/mol. The van der Waals surface area contributed by atoms with Gasteiger partial charge in [-0.1, -0.05) is 60.7 Å². The fraction of sp³-hybridized carbons (Fsp3) is 0.433. The van der Waals surface area contributed by atoms with Gasteiger partial charge < -0.3 is 34.3 Å². The van der Waals surface area contributed by atoms with Gasteiger partial charge in [-0.05, 0) is 18.4 Å². The number of imidazole rings is 1. The summed E-state index contributed by atoms with van der Waals surface area (Å²) in [4.78, 5) is 34.9. The number of piperidine rings is 1. The second kappa shape index (κ2) is 12.2. The third kappa shape index (κ3) is 5.60. The molecule has 3 atom stereocenters. The number of piperazine rings is 1. The van der Waals surface area contributed by atoms with Crippen LogP contribution in [0.25, 0.3) is 11.3 Å². The number of rotatable bonds is 7. The molecule has 0 aliphatic carbocycles. The molecule has 3 heterocycles. The number of benzene rings is 2. The molecule has 2 aliphatic rings. The lowest BCUT2D eigenvalue weighted by molar-refractivity contribution is -0.101. The molecule has 212 valence electrons. The van der Waals surface area contributed by atoms with Crippen molar-refractivity contribution in [3.05, 3.63) is 78.2 Å². The Kier molecular flexibility index (Phi) is 8.49. The smallest absolute Gasteiger partial charge is 0.409 e. The van der Waals surface area contributed by atoms with Crippen LogP contribution in [-0.4, -0.2) is 102 Å². The average Bonchev–Trinajstić information content (AvgIpc) is 3.43. The van der Waals surface area contributed by atoms with E-state index < -0.39 is 17.7 Å². The summed E-state index contributed by atoms with van der Waals surface area (Å²) in [6.45, 7) is 2.52. The zero-order valence-corrected chi connectivity index (χ0v) is 23.0. The van der Waals surface area contributed by atoms with E-state index in [4.69, 9.17) is 9.47 Å². The number of methoxy groups -OCH3 is 2. The number of carbonyl (C=O) groups excluding carboxylic acids is 2. The van der Waals surface area contributed by atoms with Crippen LogP contribution in [0.2, 0.25) is 0 Å². The Morgan fingerprint density at radius 3 is 2.50 bits per heavy atom. The summed E-state index contributed by atoms with van der Waals surface area (Å²) in [7, 11) is 2.88. The van der Waals surface area contributed by atoms with Gasteiger partial charge in [-0.3, -0.25) is 4.79 Å². The van der Waals surface area contributed by atoms with E-state index >= 15 is 0 Å². The number of nitrogens with zero attached hydrogens (tertiary/aromatic N) is 4. The molecule has 0 radical (unpaired) electrons. The number of hydrogen-bond donors (Lipinski definition) is 2. The number of nitrogens with one attached hydrogen (secondary N) is 1. The van der Waals surface area contributed by atoms with Gasteiger partial charge in [0.05, 0.1) is 31.8 Å². The molecule has 10 nitrogen and oxygen atoms in total. The molecule has 2 aromatic carbocycles. The molecule has 2 amide bonds. The zero-order valence-electron chi connectivity index (χ0n) is 23.0. The first-order valence-electron chi connectivity index (χ1n) is 13.7. The first kappa shape index (κ1) is 27.8. The van der Waals surface area contributed by atoms with Crippen molar-refractivity contribution in [1.82, 2.24) is 24.7 Å². The van der Waals surface area contributed by atoms with Crippen molar-refractivity contribution in [1.29, 1.82) is 0 Å². The fourth-order valence-corrected chi connectivity index (χ4v) is 5.89. The molecular formula is C30H37N5O5. The Balaban J connectivity index is 1.55. The number of ether oxygens (including phenoxy) is 2. The number of hydrogen-bond acceptors (Lipinski definition) is 7. The van der Waals surface area contributed by atoms with E-state index in [0.717, 1.165) is 17.5 Å². The van der Waals surface area contributed by atoms with E-state index in [1.807, 2.05) is 58.0 Å². The first-order valence-corrected chi connectivity index (χ1v) is 13.7. The zero-order chi connectivity index (χ0) is 28.1. The Hall–Kier alpha value is -3.73. The normalized spacial score (nSPS) is 23.2. The molecule has 2 saturated heterocycles. The lowest BCUT2D eigenvalue weighted by atomic mass is 9.86. The van der Waals surface area contributed by atoms with Crippen LogP contribution in [0.3, 0.4) is 0 Å². The predicted octanol–water partition coefficient (Wildman–Crippen LogP) is 2.60. The maximum absolute atomic E-state index is 14.2. The first-order chi connectivity index (χ1) is 19.4. The third-order valence-corrected chi connectivity index (χ3v) is 7.96. The summed E-state index contributed by atoms with van der Waals surface area (Å²) < 4.78 is 12.2. The lowest BCUT2D eigenvalue weighted by Crippen LogP contribution is -2.56. The largest absolute Gasteiger partial charge is 0.453 e. The second-order valence-corrected chi connectivity index (χ2v) is 10.5. The number of amides is 2. The second-order valence-electron chi connectivity index (χ2n) is 10.5. The molecule has 5 rings (SSSR count). The molecule has 0 bridgehead atoms. The Morgan fingerprint density at radius 1 is 1.07 bits per heavy atom. The maximum atomic E-state index is 14.2. The van der Waals surface area contributed by atoms with E-state index in [1.165, 1.54) is 7.11 Å². The van der Waals surface area contributed by atoms with Crippen molar-refractivity contribution < 1.29 is 24.2 Å². The van der Waals surface area contributed by atoms with Crippen LogP contribution < -0.4 is 5.32 Å².